The zero-order valence-corrected chi connectivity index (χ0v) is 15.0. The van der Waals surface area contributed by atoms with Crippen LogP contribution in [0.1, 0.15) is 0 Å². The highest BCUT2D eigenvalue weighted by atomic mass is 35.5. The number of thioether (sulfide) groups is 1. The predicted molar refractivity (Wildman–Crippen MR) is 99.3 cm³/mol. The minimum Gasteiger partial charge on any atom is -0.480 e. The number of nitrogens with one attached hydrogen (secondary N) is 1. The van der Waals surface area contributed by atoms with E-state index in [-0.39, 0.29) is 0 Å². The number of imidazole rings is 1. The van der Waals surface area contributed by atoms with Crippen LogP contribution in [0.25, 0.3) is 16.9 Å². The Labute approximate surface area is 153 Å². The first kappa shape index (κ1) is 17.1. The lowest BCUT2D eigenvalue weighted by Gasteiger charge is -2.04. The maximum absolute atomic E-state index is 8.75. The van der Waals surface area contributed by atoms with Gasteiger partial charge in [-0.05, 0) is 24.5 Å². The Hall–Kier alpha value is -2.76. The van der Waals surface area contributed by atoms with Gasteiger partial charge in [0.25, 0.3) is 0 Å². The van der Waals surface area contributed by atoms with Crippen LogP contribution in [0.15, 0.2) is 41.5 Å². The molecule has 0 unspecified atom stereocenters. The Kier molecular flexibility index (Phi) is 5.07. The first-order valence-electron chi connectivity index (χ1n) is 7.12. The molecule has 9 heteroatoms. The normalized spacial score (nSPS) is 11.4. The Balaban J connectivity index is 2.03. The molecule has 0 saturated carbocycles. The lowest BCUT2D eigenvalue weighted by molar-refractivity contribution is 0.390. The average Bonchev–Trinajstić information content (AvgIpc) is 3.06. The fraction of sp³-hybridized carbons (Fsp3) is 0.125. The molecule has 0 radical (unpaired) electrons. The van der Waals surface area contributed by atoms with E-state index >= 15 is 0 Å². The molecule has 7 nitrogen and oxygen atoms in total. The van der Waals surface area contributed by atoms with Gasteiger partial charge in [-0.1, -0.05) is 29.4 Å². The Morgan fingerprint density at radius 1 is 1.40 bits per heavy atom. The molecule has 3 aromatic rings. The third kappa shape index (κ3) is 3.68. The van der Waals surface area contributed by atoms with Crippen LogP contribution < -0.4 is 10.1 Å². The smallest absolute Gasteiger partial charge is 0.231 e. The summed E-state index contributed by atoms with van der Waals surface area (Å²) in [6.07, 6.45) is 5.48. The van der Waals surface area contributed by atoms with Gasteiger partial charge in [0.2, 0.25) is 5.88 Å². The van der Waals surface area contributed by atoms with Crippen LogP contribution in [0.4, 0.5) is 5.69 Å². The van der Waals surface area contributed by atoms with Gasteiger partial charge in [-0.2, -0.15) is 5.26 Å². The highest BCUT2D eigenvalue weighted by molar-refractivity contribution is 8.13. The quantitative estimate of drug-likeness (QED) is 0.328. The first-order chi connectivity index (χ1) is 12.1. The van der Waals surface area contributed by atoms with Crippen molar-refractivity contribution in [1.29, 1.82) is 5.26 Å². The number of rotatable bonds is 3. The van der Waals surface area contributed by atoms with Gasteiger partial charge in [0.1, 0.15) is 0 Å². The molecule has 0 amide bonds. The van der Waals surface area contributed by atoms with Crippen LogP contribution in [-0.4, -0.2) is 33.1 Å². The van der Waals surface area contributed by atoms with Crippen molar-refractivity contribution in [3.8, 4) is 23.3 Å². The van der Waals surface area contributed by atoms with E-state index in [4.69, 9.17) is 21.6 Å². The summed E-state index contributed by atoms with van der Waals surface area (Å²) in [6, 6.07) is 9.00. The highest BCUT2D eigenvalue weighted by Crippen LogP contribution is 2.31. The largest absolute Gasteiger partial charge is 0.480 e. The number of benzene rings is 1. The van der Waals surface area contributed by atoms with Crippen molar-refractivity contribution >= 4 is 39.9 Å². The molecule has 1 aromatic carbocycles. The SMILES string of the molecule is COc1ccc2nc(-c3ccc(Cl)c(N=C(NC#N)SC)c3)cn2n1. The van der Waals surface area contributed by atoms with E-state index in [1.807, 2.05) is 30.6 Å². The van der Waals surface area contributed by atoms with Crippen molar-refractivity contribution in [1.82, 2.24) is 19.9 Å². The third-order valence-electron chi connectivity index (χ3n) is 3.32. The van der Waals surface area contributed by atoms with E-state index in [2.05, 4.69) is 20.4 Å². The van der Waals surface area contributed by atoms with Crippen LogP contribution in [0, 0.1) is 11.5 Å². The number of aliphatic imine (C=N–C) groups is 1. The van der Waals surface area contributed by atoms with Crippen molar-refractivity contribution in [3.05, 3.63) is 41.6 Å². The summed E-state index contributed by atoms with van der Waals surface area (Å²) in [7, 11) is 1.56. The van der Waals surface area contributed by atoms with Crippen LogP contribution in [0.3, 0.4) is 0 Å². The molecule has 0 aliphatic carbocycles. The van der Waals surface area contributed by atoms with E-state index in [0.29, 0.717) is 27.4 Å². The van der Waals surface area contributed by atoms with Crippen molar-refractivity contribution in [2.24, 2.45) is 4.99 Å². The zero-order valence-electron chi connectivity index (χ0n) is 13.4. The number of halogens is 1. The summed E-state index contributed by atoms with van der Waals surface area (Å²) in [5, 5.41) is 16.5. The Bertz CT molecular complexity index is 994. The number of ether oxygens (including phenoxy) is 1. The number of hydrogen-bond acceptors (Lipinski definition) is 6. The van der Waals surface area contributed by atoms with Crippen molar-refractivity contribution < 1.29 is 4.74 Å². The van der Waals surface area contributed by atoms with Gasteiger partial charge in [-0.3, -0.25) is 5.32 Å². The number of aromatic nitrogens is 3. The summed E-state index contributed by atoms with van der Waals surface area (Å²) < 4.78 is 6.77. The summed E-state index contributed by atoms with van der Waals surface area (Å²) in [5.41, 5.74) is 2.82. The van der Waals surface area contributed by atoms with Gasteiger partial charge in [0.15, 0.2) is 17.0 Å². The standard InChI is InChI=1S/C16H13ClN6OS/c1-24-15-6-5-14-20-13(8-23(14)22-15)10-3-4-11(17)12(7-10)21-16(25-2)19-9-18/h3-8H,1-2H3,(H,19,21). The van der Waals surface area contributed by atoms with E-state index in [0.717, 1.165) is 11.3 Å². The van der Waals surface area contributed by atoms with Crippen LogP contribution in [-0.2, 0) is 0 Å². The lowest BCUT2D eigenvalue weighted by atomic mass is 10.1. The average molecular weight is 373 g/mol. The summed E-state index contributed by atoms with van der Waals surface area (Å²) in [4.78, 5) is 8.92. The number of methoxy groups -OCH3 is 1. The second-order valence-electron chi connectivity index (χ2n) is 4.83. The number of nitrogens with zero attached hydrogens (tertiary/aromatic N) is 5. The molecule has 0 aliphatic rings. The molecular weight excluding hydrogens is 360 g/mol. The van der Waals surface area contributed by atoms with Crippen LogP contribution in [0.5, 0.6) is 5.88 Å². The molecule has 0 saturated heterocycles. The summed E-state index contributed by atoms with van der Waals surface area (Å²) in [6.45, 7) is 0. The third-order valence-corrected chi connectivity index (χ3v) is 4.22. The zero-order chi connectivity index (χ0) is 17.8. The van der Waals surface area contributed by atoms with E-state index in [9.17, 15) is 0 Å². The minimum absolute atomic E-state index is 0.461. The van der Waals surface area contributed by atoms with E-state index in [1.54, 1.807) is 30.0 Å². The monoisotopic (exact) mass is 372 g/mol. The molecule has 0 spiro atoms. The molecule has 1 N–H and O–H groups in total. The van der Waals surface area contributed by atoms with Gasteiger partial charge in [0, 0.05) is 11.6 Å². The molecule has 2 aromatic heterocycles. The second kappa shape index (κ2) is 7.42. The fourth-order valence-electron chi connectivity index (χ4n) is 2.15. The van der Waals surface area contributed by atoms with Gasteiger partial charge >= 0.3 is 0 Å². The maximum atomic E-state index is 8.75. The van der Waals surface area contributed by atoms with Crippen molar-refractivity contribution in [2.75, 3.05) is 13.4 Å². The Morgan fingerprint density at radius 3 is 2.96 bits per heavy atom. The highest BCUT2D eigenvalue weighted by Gasteiger charge is 2.09. The predicted octanol–water partition coefficient (Wildman–Crippen LogP) is 3.48. The molecule has 25 heavy (non-hydrogen) atoms. The van der Waals surface area contributed by atoms with Gasteiger partial charge in [-0.15, -0.1) is 5.10 Å². The van der Waals surface area contributed by atoms with Gasteiger partial charge < -0.3 is 4.74 Å². The number of fused-ring (bicyclic) bond motifs is 1. The molecule has 3 rings (SSSR count). The van der Waals surface area contributed by atoms with Crippen LogP contribution in [0.2, 0.25) is 5.02 Å². The molecular formula is C16H13ClN6OS. The van der Waals surface area contributed by atoms with Crippen molar-refractivity contribution in [3.63, 3.8) is 0 Å². The van der Waals surface area contributed by atoms with Gasteiger partial charge in [0.05, 0.1) is 29.7 Å². The molecule has 0 fully saturated rings. The van der Waals surface area contributed by atoms with E-state index < -0.39 is 0 Å². The van der Waals surface area contributed by atoms with Crippen molar-refractivity contribution in [2.45, 2.75) is 0 Å². The number of hydrogen-bond donors (Lipinski definition) is 1. The fourth-order valence-corrected chi connectivity index (χ4v) is 2.65. The number of nitriles is 1. The molecule has 0 bridgehead atoms. The minimum atomic E-state index is 0.461. The molecule has 0 atom stereocenters. The maximum Gasteiger partial charge on any atom is 0.231 e. The Morgan fingerprint density at radius 2 is 2.24 bits per heavy atom. The summed E-state index contributed by atoms with van der Waals surface area (Å²) >= 11 is 7.54. The van der Waals surface area contributed by atoms with Crippen LogP contribution >= 0.6 is 23.4 Å². The molecule has 2 heterocycles. The second-order valence-corrected chi connectivity index (χ2v) is 6.03. The first-order valence-corrected chi connectivity index (χ1v) is 8.73. The van der Waals surface area contributed by atoms with E-state index in [1.165, 1.54) is 11.8 Å². The summed E-state index contributed by atoms with van der Waals surface area (Å²) in [5.74, 6) is 0.505. The topological polar surface area (TPSA) is 87.6 Å². The van der Waals surface area contributed by atoms with Gasteiger partial charge in [-0.25, -0.2) is 14.5 Å². The number of amidine groups is 1. The lowest BCUT2D eigenvalue weighted by Crippen LogP contribution is -2.12. The molecule has 126 valence electrons. The molecule has 0 aliphatic heterocycles.